The Morgan fingerprint density at radius 1 is 1.67 bits per heavy atom. The summed E-state index contributed by atoms with van der Waals surface area (Å²) in [6, 6.07) is 3.22. The molecule has 0 aromatic carbocycles. The Morgan fingerprint density at radius 3 is 2.83 bits per heavy atom. The summed E-state index contributed by atoms with van der Waals surface area (Å²) in [7, 11) is 0. The van der Waals surface area contributed by atoms with E-state index in [1.807, 2.05) is 0 Å². The summed E-state index contributed by atoms with van der Waals surface area (Å²) in [5.74, 6) is -0.951. The monoisotopic (exact) mass is 163 g/mol. The third-order valence-corrected chi connectivity index (χ3v) is 1.43. The highest BCUT2D eigenvalue weighted by Crippen LogP contribution is 2.00. The van der Waals surface area contributed by atoms with Gasteiger partial charge in [0.1, 0.15) is 0 Å². The quantitative estimate of drug-likeness (QED) is 0.687. The number of rotatable bonds is 3. The van der Waals surface area contributed by atoms with Crippen LogP contribution in [0.5, 0.6) is 0 Å². The van der Waals surface area contributed by atoms with Crippen LogP contribution in [0.3, 0.4) is 0 Å². The Kier molecular flexibility index (Phi) is 2.58. The van der Waals surface area contributed by atoms with E-state index in [0.29, 0.717) is 6.42 Å². The zero-order valence-electron chi connectivity index (χ0n) is 6.53. The summed E-state index contributed by atoms with van der Waals surface area (Å²) < 4.78 is 0. The molecule has 1 N–H and O–H groups in total. The van der Waals surface area contributed by atoms with Crippen molar-refractivity contribution in [2.24, 2.45) is 0 Å². The Morgan fingerprint density at radius 2 is 2.42 bits per heavy atom. The van der Waals surface area contributed by atoms with Crippen LogP contribution in [0.2, 0.25) is 0 Å². The summed E-state index contributed by atoms with van der Waals surface area (Å²) in [5.41, 5.74) is 1.04. The number of hydrogen-bond donors (Lipinski definition) is 1. The first-order valence-corrected chi connectivity index (χ1v) is 3.53. The number of aromatic carboxylic acids is 1. The Hall–Kier alpha value is -1.64. The first-order valence-electron chi connectivity index (χ1n) is 3.53. The Balaban J connectivity index is 2.85. The number of allylic oxidation sites excluding steroid dienone is 1. The maximum atomic E-state index is 10.4. The number of pyridine rings is 1. The van der Waals surface area contributed by atoms with E-state index in [1.165, 1.54) is 12.3 Å². The molecule has 1 heterocycles. The van der Waals surface area contributed by atoms with Crippen molar-refractivity contribution in [3.05, 3.63) is 42.2 Å². The van der Waals surface area contributed by atoms with Crippen molar-refractivity contribution in [2.75, 3.05) is 0 Å². The van der Waals surface area contributed by atoms with Crippen LogP contribution in [0.15, 0.2) is 31.0 Å². The average molecular weight is 163 g/mol. The van der Waals surface area contributed by atoms with Crippen molar-refractivity contribution in [3.63, 3.8) is 0 Å². The van der Waals surface area contributed by atoms with Crippen LogP contribution in [0.4, 0.5) is 0 Å². The minimum atomic E-state index is -0.951. The molecular weight excluding hydrogens is 154 g/mol. The molecule has 3 nitrogen and oxygen atoms in total. The van der Waals surface area contributed by atoms with Gasteiger partial charge in [0.15, 0.2) is 0 Å². The van der Waals surface area contributed by atoms with Gasteiger partial charge in [-0.15, -0.1) is 6.58 Å². The van der Waals surface area contributed by atoms with Gasteiger partial charge in [0, 0.05) is 18.3 Å². The van der Waals surface area contributed by atoms with E-state index in [0.717, 1.165) is 5.69 Å². The van der Waals surface area contributed by atoms with Crippen LogP contribution < -0.4 is 0 Å². The summed E-state index contributed by atoms with van der Waals surface area (Å²) in [5, 5.41) is 8.55. The molecule has 0 aliphatic rings. The van der Waals surface area contributed by atoms with Gasteiger partial charge in [-0.25, -0.2) is 4.79 Å². The normalized spacial score (nSPS) is 9.33. The second-order valence-electron chi connectivity index (χ2n) is 2.34. The van der Waals surface area contributed by atoms with Crippen LogP contribution in [0.1, 0.15) is 16.1 Å². The lowest BCUT2D eigenvalue weighted by Gasteiger charge is -1.95. The molecule has 3 heteroatoms. The molecule has 0 bridgehead atoms. The molecule has 0 fully saturated rings. The molecule has 0 aliphatic heterocycles. The number of nitrogens with zero attached hydrogens (tertiary/aromatic N) is 1. The molecule has 1 aromatic rings. The number of hydrogen-bond acceptors (Lipinski definition) is 2. The highest BCUT2D eigenvalue weighted by atomic mass is 16.4. The molecule has 0 aliphatic carbocycles. The van der Waals surface area contributed by atoms with Gasteiger partial charge in [0.2, 0.25) is 0 Å². The predicted octanol–water partition coefficient (Wildman–Crippen LogP) is 1.51. The molecule has 0 spiro atoms. The molecule has 0 saturated heterocycles. The fourth-order valence-corrected chi connectivity index (χ4v) is 0.820. The third-order valence-electron chi connectivity index (χ3n) is 1.43. The number of carbonyl (C=O) groups is 1. The van der Waals surface area contributed by atoms with Crippen molar-refractivity contribution < 1.29 is 9.90 Å². The highest BCUT2D eigenvalue weighted by Gasteiger charge is 2.01. The highest BCUT2D eigenvalue weighted by molar-refractivity contribution is 5.87. The van der Waals surface area contributed by atoms with E-state index < -0.39 is 5.97 Å². The first kappa shape index (κ1) is 8.46. The van der Waals surface area contributed by atoms with Crippen LogP contribution in [0.25, 0.3) is 0 Å². The van der Waals surface area contributed by atoms with Gasteiger partial charge in [0.25, 0.3) is 0 Å². The van der Waals surface area contributed by atoms with E-state index in [4.69, 9.17) is 5.11 Å². The average Bonchev–Trinajstić information content (AvgIpc) is 2.06. The molecular formula is C9H9NO2. The van der Waals surface area contributed by atoms with E-state index in [2.05, 4.69) is 11.6 Å². The van der Waals surface area contributed by atoms with Crippen molar-refractivity contribution >= 4 is 5.97 Å². The van der Waals surface area contributed by atoms with Crippen molar-refractivity contribution in [1.82, 2.24) is 4.98 Å². The van der Waals surface area contributed by atoms with Crippen LogP contribution >= 0.6 is 0 Å². The lowest BCUT2D eigenvalue weighted by Crippen LogP contribution is -1.97. The van der Waals surface area contributed by atoms with E-state index in [-0.39, 0.29) is 5.56 Å². The molecule has 1 aromatic heterocycles. The summed E-state index contributed by atoms with van der Waals surface area (Å²) in [4.78, 5) is 14.3. The third kappa shape index (κ3) is 1.92. The predicted molar refractivity (Wildman–Crippen MR) is 45.1 cm³/mol. The van der Waals surface area contributed by atoms with Crippen LogP contribution in [0, 0.1) is 0 Å². The topological polar surface area (TPSA) is 50.2 Å². The molecule has 0 unspecified atom stereocenters. The van der Waals surface area contributed by atoms with Gasteiger partial charge in [-0.3, -0.25) is 4.98 Å². The minimum absolute atomic E-state index is 0.211. The summed E-state index contributed by atoms with van der Waals surface area (Å²) >= 11 is 0. The molecule has 62 valence electrons. The number of carboxylic acids is 1. The van der Waals surface area contributed by atoms with Crippen molar-refractivity contribution in [2.45, 2.75) is 6.42 Å². The second-order valence-corrected chi connectivity index (χ2v) is 2.34. The fraction of sp³-hybridized carbons (Fsp3) is 0.111. The van der Waals surface area contributed by atoms with Gasteiger partial charge in [-0.2, -0.15) is 0 Å². The fourth-order valence-electron chi connectivity index (χ4n) is 0.820. The lowest BCUT2D eigenvalue weighted by atomic mass is 10.2. The summed E-state index contributed by atoms with van der Waals surface area (Å²) in [6.07, 6.45) is 3.74. The number of aromatic nitrogens is 1. The van der Waals surface area contributed by atoms with Gasteiger partial charge < -0.3 is 5.11 Å². The van der Waals surface area contributed by atoms with E-state index >= 15 is 0 Å². The largest absolute Gasteiger partial charge is 0.478 e. The molecule has 0 saturated carbocycles. The molecule has 12 heavy (non-hydrogen) atoms. The van der Waals surface area contributed by atoms with Crippen molar-refractivity contribution in [1.29, 1.82) is 0 Å². The zero-order valence-corrected chi connectivity index (χ0v) is 6.53. The molecule has 1 rings (SSSR count). The Labute approximate surface area is 70.4 Å². The van der Waals surface area contributed by atoms with E-state index in [1.54, 1.807) is 12.1 Å². The Bertz CT molecular complexity index is 290. The SMILES string of the molecule is C=CCc1ccc(C(=O)O)cn1. The molecule has 0 atom stereocenters. The lowest BCUT2D eigenvalue weighted by molar-refractivity contribution is 0.0696. The van der Waals surface area contributed by atoms with E-state index in [9.17, 15) is 4.79 Å². The molecule has 0 amide bonds. The zero-order chi connectivity index (χ0) is 8.97. The number of carboxylic acid groups (broad SMARTS) is 1. The van der Waals surface area contributed by atoms with Gasteiger partial charge in [-0.1, -0.05) is 6.08 Å². The smallest absolute Gasteiger partial charge is 0.337 e. The summed E-state index contributed by atoms with van der Waals surface area (Å²) in [6.45, 7) is 3.56. The maximum Gasteiger partial charge on any atom is 0.337 e. The van der Waals surface area contributed by atoms with Crippen LogP contribution in [-0.4, -0.2) is 16.1 Å². The van der Waals surface area contributed by atoms with Crippen LogP contribution in [-0.2, 0) is 6.42 Å². The standard InChI is InChI=1S/C9H9NO2/c1-2-3-8-5-4-7(6-10-8)9(11)12/h2,4-6H,1,3H2,(H,11,12). The molecule has 0 radical (unpaired) electrons. The van der Waals surface area contributed by atoms with Crippen molar-refractivity contribution in [3.8, 4) is 0 Å². The maximum absolute atomic E-state index is 10.4. The van der Waals surface area contributed by atoms with Gasteiger partial charge in [0.05, 0.1) is 5.56 Å². The van der Waals surface area contributed by atoms with Gasteiger partial charge >= 0.3 is 5.97 Å². The second kappa shape index (κ2) is 3.67. The minimum Gasteiger partial charge on any atom is -0.478 e. The van der Waals surface area contributed by atoms with Gasteiger partial charge in [-0.05, 0) is 12.1 Å². The first-order chi connectivity index (χ1) is 5.74.